The van der Waals surface area contributed by atoms with E-state index in [1.165, 1.54) is 5.56 Å². The quantitative estimate of drug-likeness (QED) is 0.612. The van der Waals surface area contributed by atoms with Crippen LogP contribution in [0.2, 0.25) is 0 Å². The van der Waals surface area contributed by atoms with Crippen molar-refractivity contribution in [2.24, 2.45) is 0 Å². The average Bonchev–Trinajstić information content (AvgIpc) is 2.89. The number of fused-ring (bicyclic) bond motifs is 1. The highest BCUT2D eigenvalue weighted by Crippen LogP contribution is 2.27. The van der Waals surface area contributed by atoms with Gasteiger partial charge in [0.05, 0.1) is 0 Å². The van der Waals surface area contributed by atoms with Crippen molar-refractivity contribution in [2.75, 3.05) is 0 Å². The van der Waals surface area contributed by atoms with Gasteiger partial charge in [-0.15, -0.1) is 11.3 Å². The summed E-state index contributed by atoms with van der Waals surface area (Å²) in [5.74, 6) is 0.108. The summed E-state index contributed by atoms with van der Waals surface area (Å²) in [5.41, 5.74) is 3.94. The molecule has 2 aromatic carbocycles. The molecule has 0 fully saturated rings. The Balaban J connectivity index is 2.13. The first-order valence-corrected chi connectivity index (χ1v) is 7.13. The van der Waals surface area contributed by atoms with E-state index in [1.54, 1.807) is 11.3 Å². The van der Waals surface area contributed by atoms with E-state index in [0.717, 1.165) is 26.8 Å². The second-order valence-corrected chi connectivity index (χ2v) is 5.69. The lowest BCUT2D eigenvalue weighted by molar-refractivity contribution is 0.104. The molecule has 3 aromatic rings. The Hall–Kier alpha value is -1.93. The largest absolute Gasteiger partial charge is 0.289 e. The Bertz CT molecular complexity index is 768. The molecule has 94 valence electrons. The van der Waals surface area contributed by atoms with Gasteiger partial charge < -0.3 is 0 Å². The zero-order valence-electron chi connectivity index (χ0n) is 10.9. The predicted molar refractivity (Wildman–Crippen MR) is 81.2 cm³/mol. The third kappa shape index (κ3) is 2.08. The number of benzene rings is 2. The fourth-order valence-electron chi connectivity index (χ4n) is 2.21. The molecule has 0 aliphatic carbocycles. The Morgan fingerprint density at radius 1 is 1.00 bits per heavy atom. The van der Waals surface area contributed by atoms with Gasteiger partial charge in [0.15, 0.2) is 5.78 Å². The molecule has 1 nitrogen and oxygen atoms in total. The summed E-state index contributed by atoms with van der Waals surface area (Å²) in [6, 6.07) is 13.9. The van der Waals surface area contributed by atoms with Crippen LogP contribution in [-0.4, -0.2) is 5.78 Å². The van der Waals surface area contributed by atoms with Gasteiger partial charge in [0.1, 0.15) is 0 Å². The fraction of sp³-hybridized carbons (Fsp3) is 0.118. The molecule has 0 bridgehead atoms. The highest BCUT2D eigenvalue weighted by molar-refractivity contribution is 7.17. The SMILES string of the molecule is Cc1ccc(C(=O)c2cccc3ccsc23)cc1C. The Kier molecular flexibility index (Phi) is 2.96. The van der Waals surface area contributed by atoms with E-state index in [9.17, 15) is 4.79 Å². The summed E-state index contributed by atoms with van der Waals surface area (Å²) in [7, 11) is 0. The monoisotopic (exact) mass is 266 g/mol. The number of rotatable bonds is 2. The van der Waals surface area contributed by atoms with Gasteiger partial charge in [0.25, 0.3) is 0 Å². The molecule has 19 heavy (non-hydrogen) atoms. The van der Waals surface area contributed by atoms with Gasteiger partial charge in [-0.1, -0.05) is 24.3 Å². The Labute approximate surface area is 116 Å². The summed E-state index contributed by atoms with van der Waals surface area (Å²) < 4.78 is 1.07. The summed E-state index contributed by atoms with van der Waals surface area (Å²) in [6.45, 7) is 4.10. The summed E-state index contributed by atoms with van der Waals surface area (Å²) in [4.78, 5) is 12.6. The summed E-state index contributed by atoms with van der Waals surface area (Å²) >= 11 is 1.62. The van der Waals surface area contributed by atoms with Gasteiger partial charge in [0.2, 0.25) is 0 Å². The van der Waals surface area contributed by atoms with E-state index in [4.69, 9.17) is 0 Å². The van der Waals surface area contributed by atoms with E-state index in [1.807, 2.05) is 48.7 Å². The number of aryl methyl sites for hydroxylation is 2. The first-order valence-electron chi connectivity index (χ1n) is 6.25. The van der Waals surface area contributed by atoms with Crippen molar-refractivity contribution in [1.29, 1.82) is 0 Å². The predicted octanol–water partition coefficient (Wildman–Crippen LogP) is 4.75. The number of hydrogen-bond acceptors (Lipinski definition) is 2. The molecule has 0 saturated heterocycles. The molecular weight excluding hydrogens is 252 g/mol. The standard InChI is InChI=1S/C17H14OS/c1-11-6-7-14(10-12(11)2)16(18)15-5-3-4-13-8-9-19-17(13)15/h3-10H,1-2H3. The van der Waals surface area contributed by atoms with Crippen molar-refractivity contribution in [2.45, 2.75) is 13.8 Å². The lowest BCUT2D eigenvalue weighted by atomic mass is 9.99. The minimum absolute atomic E-state index is 0.108. The van der Waals surface area contributed by atoms with Crippen LogP contribution >= 0.6 is 11.3 Å². The highest BCUT2D eigenvalue weighted by atomic mass is 32.1. The van der Waals surface area contributed by atoms with Gasteiger partial charge in [-0.3, -0.25) is 4.79 Å². The molecule has 0 spiro atoms. The zero-order chi connectivity index (χ0) is 13.4. The summed E-state index contributed by atoms with van der Waals surface area (Å²) in [6.07, 6.45) is 0. The molecular formula is C17H14OS. The second kappa shape index (κ2) is 4.63. The maximum atomic E-state index is 12.6. The molecule has 0 N–H and O–H groups in total. The Morgan fingerprint density at radius 2 is 1.84 bits per heavy atom. The third-order valence-electron chi connectivity index (χ3n) is 3.49. The number of thiophene rings is 1. The number of carbonyl (C=O) groups is 1. The second-order valence-electron chi connectivity index (χ2n) is 4.77. The van der Waals surface area contributed by atoms with Crippen molar-refractivity contribution in [3.63, 3.8) is 0 Å². The first kappa shape index (κ1) is 12.1. The van der Waals surface area contributed by atoms with Crippen LogP contribution in [-0.2, 0) is 0 Å². The van der Waals surface area contributed by atoms with Crippen molar-refractivity contribution >= 4 is 27.2 Å². The van der Waals surface area contributed by atoms with Crippen LogP contribution in [0.15, 0.2) is 47.8 Å². The topological polar surface area (TPSA) is 17.1 Å². The van der Waals surface area contributed by atoms with Crippen molar-refractivity contribution in [3.8, 4) is 0 Å². The van der Waals surface area contributed by atoms with Gasteiger partial charge >= 0.3 is 0 Å². The lowest BCUT2D eigenvalue weighted by Crippen LogP contribution is -2.02. The van der Waals surface area contributed by atoms with E-state index < -0.39 is 0 Å². The molecule has 3 rings (SSSR count). The van der Waals surface area contributed by atoms with Crippen LogP contribution in [0.1, 0.15) is 27.0 Å². The van der Waals surface area contributed by atoms with Crippen LogP contribution in [0, 0.1) is 13.8 Å². The lowest BCUT2D eigenvalue weighted by Gasteiger charge is -2.05. The highest BCUT2D eigenvalue weighted by Gasteiger charge is 2.13. The minimum atomic E-state index is 0.108. The molecule has 0 radical (unpaired) electrons. The van der Waals surface area contributed by atoms with Gasteiger partial charge in [-0.25, -0.2) is 0 Å². The number of hydrogen-bond donors (Lipinski definition) is 0. The molecule has 0 unspecified atom stereocenters. The molecule has 0 atom stereocenters. The molecule has 0 amide bonds. The van der Waals surface area contributed by atoms with Crippen LogP contribution in [0.3, 0.4) is 0 Å². The fourth-order valence-corrected chi connectivity index (χ4v) is 3.12. The van der Waals surface area contributed by atoms with Crippen LogP contribution in [0.5, 0.6) is 0 Å². The van der Waals surface area contributed by atoms with Crippen molar-refractivity contribution in [3.05, 3.63) is 70.1 Å². The summed E-state index contributed by atoms with van der Waals surface area (Å²) in [5, 5.41) is 3.17. The van der Waals surface area contributed by atoms with E-state index >= 15 is 0 Å². The molecule has 0 saturated carbocycles. The third-order valence-corrected chi connectivity index (χ3v) is 4.46. The first-order chi connectivity index (χ1) is 9.16. The van der Waals surface area contributed by atoms with Gasteiger partial charge in [0, 0.05) is 15.8 Å². The van der Waals surface area contributed by atoms with Crippen LogP contribution in [0.25, 0.3) is 10.1 Å². The molecule has 0 aliphatic rings. The molecule has 1 heterocycles. The van der Waals surface area contributed by atoms with Crippen molar-refractivity contribution < 1.29 is 4.79 Å². The Morgan fingerprint density at radius 3 is 2.63 bits per heavy atom. The molecule has 0 aliphatic heterocycles. The maximum absolute atomic E-state index is 12.6. The van der Waals surface area contributed by atoms with Crippen LogP contribution < -0.4 is 0 Å². The van der Waals surface area contributed by atoms with Gasteiger partial charge in [-0.05, 0) is 53.9 Å². The van der Waals surface area contributed by atoms with E-state index in [0.29, 0.717) is 0 Å². The van der Waals surface area contributed by atoms with Crippen molar-refractivity contribution in [1.82, 2.24) is 0 Å². The van der Waals surface area contributed by atoms with Gasteiger partial charge in [-0.2, -0.15) is 0 Å². The van der Waals surface area contributed by atoms with E-state index in [2.05, 4.69) is 13.0 Å². The molecule has 1 aromatic heterocycles. The maximum Gasteiger partial charge on any atom is 0.194 e. The number of carbonyl (C=O) groups excluding carboxylic acids is 1. The van der Waals surface area contributed by atoms with E-state index in [-0.39, 0.29) is 5.78 Å². The minimum Gasteiger partial charge on any atom is -0.289 e. The number of ketones is 1. The molecule has 2 heteroatoms. The zero-order valence-corrected chi connectivity index (χ0v) is 11.8. The smallest absolute Gasteiger partial charge is 0.194 e. The van der Waals surface area contributed by atoms with Crippen LogP contribution in [0.4, 0.5) is 0 Å². The average molecular weight is 266 g/mol. The normalized spacial score (nSPS) is 10.8.